The maximum Gasteiger partial charge on any atom is 0.341 e. The average Bonchev–Trinajstić information content (AvgIpc) is 3.18. The number of anilines is 2. The number of rotatable bonds is 4. The zero-order valence-electron chi connectivity index (χ0n) is 17.4. The summed E-state index contributed by atoms with van der Waals surface area (Å²) in [5.74, 6) is -0.636. The van der Waals surface area contributed by atoms with E-state index >= 15 is 0 Å². The topological polar surface area (TPSA) is 41.6 Å². The van der Waals surface area contributed by atoms with Crippen LogP contribution in [0.4, 0.5) is 15.1 Å². The lowest BCUT2D eigenvalue weighted by atomic mass is 9.97. The van der Waals surface area contributed by atoms with Crippen molar-refractivity contribution in [3.8, 4) is 10.4 Å². The summed E-state index contributed by atoms with van der Waals surface area (Å²) in [6.45, 7) is 4.17. The van der Waals surface area contributed by atoms with Crippen molar-refractivity contribution in [3.05, 3.63) is 71.5 Å². The third-order valence-electron chi connectivity index (χ3n) is 5.30. The Bertz CT molecular complexity index is 1110. The molecule has 0 unspecified atom stereocenters. The molecule has 0 fully saturated rings. The van der Waals surface area contributed by atoms with Gasteiger partial charge in [-0.15, -0.1) is 11.3 Å². The summed E-state index contributed by atoms with van der Waals surface area (Å²) in [5, 5.41) is 4.40. The highest BCUT2D eigenvalue weighted by molar-refractivity contribution is 7.80. The van der Waals surface area contributed by atoms with Crippen LogP contribution in [0.1, 0.15) is 36.2 Å². The largest absolute Gasteiger partial charge is 0.462 e. The van der Waals surface area contributed by atoms with Gasteiger partial charge in [-0.3, -0.25) is 0 Å². The zero-order valence-corrected chi connectivity index (χ0v) is 19.0. The number of thiocarbonyl (C=S) groups is 1. The maximum absolute atomic E-state index is 13.7. The number of aryl methyl sites for hydroxylation is 1. The van der Waals surface area contributed by atoms with E-state index in [1.54, 1.807) is 19.1 Å². The van der Waals surface area contributed by atoms with E-state index in [0.29, 0.717) is 22.3 Å². The molecular weight excluding hydrogens is 431 g/mol. The molecule has 0 saturated carbocycles. The van der Waals surface area contributed by atoms with E-state index in [0.717, 1.165) is 34.5 Å². The van der Waals surface area contributed by atoms with Crippen LogP contribution in [0.25, 0.3) is 10.4 Å². The van der Waals surface area contributed by atoms with Crippen LogP contribution < -0.4 is 10.2 Å². The van der Waals surface area contributed by atoms with E-state index in [1.165, 1.54) is 17.4 Å². The smallest absolute Gasteiger partial charge is 0.341 e. The molecule has 4 nitrogen and oxygen atoms in total. The van der Waals surface area contributed by atoms with Crippen molar-refractivity contribution in [1.29, 1.82) is 0 Å². The van der Waals surface area contributed by atoms with Gasteiger partial charge in [-0.05, 0) is 74.3 Å². The van der Waals surface area contributed by atoms with Crippen molar-refractivity contribution in [3.63, 3.8) is 0 Å². The first kappa shape index (κ1) is 21.5. The van der Waals surface area contributed by atoms with Crippen molar-refractivity contribution >= 4 is 45.3 Å². The van der Waals surface area contributed by atoms with Crippen LogP contribution in [0.3, 0.4) is 0 Å². The predicted octanol–water partition coefficient (Wildman–Crippen LogP) is 6.27. The summed E-state index contributed by atoms with van der Waals surface area (Å²) >= 11 is 7.21. The fourth-order valence-electron chi connectivity index (χ4n) is 3.78. The molecule has 0 bridgehead atoms. The molecule has 1 aliphatic heterocycles. The van der Waals surface area contributed by atoms with Gasteiger partial charge in [0, 0.05) is 16.6 Å². The number of fused-ring (bicyclic) bond motifs is 1. The molecule has 2 heterocycles. The third kappa shape index (κ3) is 4.48. The number of hydrogen-bond acceptors (Lipinski definition) is 4. The van der Waals surface area contributed by atoms with Crippen molar-refractivity contribution < 1.29 is 13.9 Å². The van der Waals surface area contributed by atoms with E-state index < -0.39 is 0 Å². The summed E-state index contributed by atoms with van der Waals surface area (Å²) < 4.78 is 19.0. The highest BCUT2D eigenvalue weighted by Gasteiger charge is 2.28. The second-order valence-electron chi connectivity index (χ2n) is 7.40. The molecule has 0 radical (unpaired) electrons. The van der Waals surface area contributed by atoms with Crippen LogP contribution in [0.15, 0.2) is 54.6 Å². The van der Waals surface area contributed by atoms with Gasteiger partial charge in [-0.25, -0.2) is 9.18 Å². The second kappa shape index (κ2) is 9.16. The SMILES string of the molecule is CCOC(=O)c1cc(-c2ccccc2)sc1NC(=S)N1c2ccc(F)cc2CC[C@H]1C. The van der Waals surface area contributed by atoms with E-state index in [9.17, 15) is 9.18 Å². The molecule has 0 amide bonds. The van der Waals surface area contributed by atoms with Gasteiger partial charge in [-0.2, -0.15) is 0 Å². The molecule has 1 aromatic heterocycles. The molecule has 31 heavy (non-hydrogen) atoms. The van der Waals surface area contributed by atoms with Crippen LogP contribution in [0.2, 0.25) is 0 Å². The number of ether oxygens (including phenoxy) is 1. The Balaban J connectivity index is 1.68. The van der Waals surface area contributed by atoms with Crippen LogP contribution in [-0.4, -0.2) is 23.7 Å². The highest BCUT2D eigenvalue weighted by atomic mass is 32.1. The minimum atomic E-state index is -0.389. The Morgan fingerprint density at radius 1 is 1.26 bits per heavy atom. The predicted molar refractivity (Wildman–Crippen MR) is 129 cm³/mol. The molecule has 7 heteroatoms. The van der Waals surface area contributed by atoms with Gasteiger partial charge in [0.25, 0.3) is 0 Å². The lowest BCUT2D eigenvalue weighted by Crippen LogP contribution is -2.44. The first-order valence-electron chi connectivity index (χ1n) is 10.2. The first-order valence-corrected chi connectivity index (χ1v) is 11.5. The van der Waals surface area contributed by atoms with E-state index in [1.807, 2.05) is 41.3 Å². The number of thiophene rings is 1. The van der Waals surface area contributed by atoms with Gasteiger partial charge in [0.1, 0.15) is 10.8 Å². The standard InChI is InChI=1S/C24H23FN2O2S2/c1-3-29-23(28)19-14-21(16-7-5-4-6-8-16)31-22(19)26-24(30)27-15(2)9-10-17-13-18(25)11-12-20(17)27/h4-8,11-15H,3,9-10H2,1-2H3,(H,26,30)/t15-/m1/s1. The number of carbonyl (C=O) groups is 1. The van der Waals surface area contributed by atoms with Gasteiger partial charge in [0.15, 0.2) is 5.11 Å². The number of nitrogens with one attached hydrogen (secondary N) is 1. The number of benzene rings is 2. The summed E-state index contributed by atoms with van der Waals surface area (Å²) in [5.41, 5.74) is 3.31. The monoisotopic (exact) mass is 454 g/mol. The molecule has 1 N–H and O–H groups in total. The Morgan fingerprint density at radius 3 is 2.77 bits per heavy atom. The molecule has 160 valence electrons. The quantitative estimate of drug-likeness (QED) is 0.372. The van der Waals surface area contributed by atoms with Crippen molar-refractivity contribution in [1.82, 2.24) is 0 Å². The van der Waals surface area contributed by atoms with Crippen LogP contribution in [-0.2, 0) is 11.2 Å². The molecule has 4 rings (SSSR count). The Hall–Kier alpha value is -2.77. The molecular formula is C24H23FN2O2S2. The van der Waals surface area contributed by atoms with Crippen molar-refractivity contribution in [2.24, 2.45) is 0 Å². The molecule has 0 aliphatic carbocycles. The van der Waals surface area contributed by atoms with Crippen LogP contribution in [0.5, 0.6) is 0 Å². The fourth-order valence-corrected chi connectivity index (χ4v) is 5.27. The number of esters is 1. The summed E-state index contributed by atoms with van der Waals surface area (Å²) in [7, 11) is 0. The Kier molecular flexibility index (Phi) is 6.34. The van der Waals surface area contributed by atoms with E-state index in [-0.39, 0.29) is 17.8 Å². The molecule has 3 aromatic rings. The average molecular weight is 455 g/mol. The zero-order chi connectivity index (χ0) is 22.0. The molecule has 0 spiro atoms. The van der Waals surface area contributed by atoms with Crippen molar-refractivity contribution in [2.75, 3.05) is 16.8 Å². The minimum Gasteiger partial charge on any atom is -0.462 e. The maximum atomic E-state index is 13.7. The number of carbonyl (C=O) groups excluding carboxylic acids is 1. The van der Waals surface area contributed by atoms with Gasteiger partial charge >= 0.3 is 5.97 Å². The van der Waals surface area contributed by atoms with E-state index in [4.69, 9.17) is 17.0 Å². The summed E-state index contributed by atoms with van der Waals surface area (Å²) in [4.78, 5) is 15.6. The fraction of sp³-hybridized carbons (Fsp3) is 0.250. The molecule has 1 aliphatic rings. The second-order valence-corrected chi connectivity index (χ2v) is 8.84. The first-order chi connectivity index (χ1) is 15.0. The van der Waals surface area contributed by atoms with Crippen LogP contribution in [0, 0.1) is 5.82 Å². The van der Waals surface area contributed by atoms with Gasteiger partial charge in [-0.1, -0.05) is 30.3 Å². The van der Waals surface area contributed by atoms with Crippen molar-refractivity contribution in [2.45, 2.75) is 32.7 Å². The minimum absolute atomic E-state index is 0.151. The number of hydrogen-bond donors (Lipinski definition) is 1. The molecule has 1 atom stereocenters. The Morgan fingerprint density at radius 2 is 2.03 bits per heavy atom. The van der Waals surface area contributed by atoms with Gasteiger partial charge < -0.3 is 15.0 Å². The Labute approximate surface area is 190 Å². The highest BCUT2D eigenvalue weighted by Crippen LogP contribution is 2.37. The lowest BCUT2D eigenvalue weighted by molar-refractivity contribution is 0.0528. The summed E-state index contributed by atoms with van der Waals surface area (Å²) in [6.07, 6.45) is 1.67. The summed E-state index contributed by atoms with van der Waals surface area (Å²) in [6, 6.07) is 16.7. The molecule has 0 saturated heterocycles. The number of nitrogens with zero attached hydrogens (tertiary/aromatic N) is 1. The van der Waals surface area contributed by atoms with E-state index in [2.05, 4.69) is 12.2 Å². The van der Waals surface area contributed by atoms with Gasteiger partial charge in [0.05, 0.1) is 12.2 Å². The van der Waals surface area contributed by atoms with Crippen LogP contribution >= 0.6 is 23.6 Å². The number of halogens is 1. The lowest BCUT2D eigenvalue weighted by Gasteiger charge is -2.37. The van der Waals surface area contributed by atoms with Gasteiger partial charge in [0.2, 0.25) is 0 Å². The normalized spacial score (nSPS) is 15.3. The molecule has 2 aromatic carbocycles. The third-order valence-corrected chi connectivity index (χ3v) is 6.70.